The topological polar surface area (TPSA) is 36.5 Å². The number of ether oxygens (including phenoxy) is 1. The second-order valence-corrected chi connectivity index (χ2v) is 4.41. The Hall–Kier alpha value is -0.390. The van der Waals surface area contributed by atoms with Crippen molar-refractivity contribution >= 4 is 17.3 Å². The quantitative estimate of drug-likeness (QED) is 0.491. The van der Waals surface area contributed by atoms with Crippen molar-refractivity contribution in [3.63, 3.8) is 0 Å². The molecule has 4 nitrogen and oxygen atoms in total. The summed E-state index contributed by atoms with van der Waals surface area (Å²) >= 11 is 5.16. The fraction of sp³-hybridized carbons (Fsp3) is 0.909. The van der Waals surface area contributed by atoms with E-state index in [0.717, 1.165) is 37.8 Å². The van der Waals surface area contributed by atoms with Crippen LogP contribution in [0.3, 0.4) is 0 Å². The molecular formula is C11H25N3OS. The second kappa shape index (κ2) is 9.81. The molecule has 0 radical (unpaired) electrons. The number of hydrogen-bond acceptors (Lipinski definition) is 3. The van der Waals surface area contributed by atoms with Crippen LogP contribution in [0.1, 0.15) is 20.3 Å². The summed E-state index contributed by atoms with van der Waals surface area (Å²) < 4.78 is 5.23. The Morgan fingerprint density at radius 1 is 1.38 bits per heavy atom. The third-order valence-corrected chi connectivity index (χ3v) is 2.68. The zero-order chi connectivity index (χ0) is 12.4. The van der Waals surface area contributed by atoms with Crippen molar-refractivity contribution in [2.45, 2.75) is 26.3 Å². The van der Waals surface area contributed by atoms with Crippen molar-refractivity contribution in [1.29, 1.82) is 0 Å². The minimum atomic E-state index is 0.475. The van der Waals surface area contributed by atoms with Gasteiger partial charge in [-0.3, -0.25) is 0 Å². The summed E-state index contributed by atoms with van der Waals surface area (Å²) in [7, 11) is 4.12. The van der Waals surface area contributed by atoms with Crippen molar-refractivity contribution in [3.8, 4) is 0 Å². The van der Waals surface area contributed by atoms with E-state index in [0.29, 0.717) is 6.04 Å². The van der Waals surface area contributed by atoms with Crippen LogP contribution in [0.2, 0.25) is 0 Å². The number of thiocarbonyl (C=S) groups is 1. The number of nitrogens with zero attached hydrogens (tertiary/aromatic N) is 1. The van der Waals surface area contributed by atoms with E-state index in [-0.39, 0.29) is 0 Å². The largest absolute Gasteiger partial charge is 0.382 e. The molecule has 1 atom stereocenters. The highest BCUT2D eigenvalue weighted by Crippen LogP contribution is 1.88. The van der Waals surface area contributed by atoms with E-state index in [1.54, 1.807) is 0 Å². The molecule has 16 heavy (non-hydrogen) atoms. The lowest BCUT2D eigenvalue weighted by Crippen LogP contribution is -2.43. The highest BCUT2D eigenvalue weighted by Gasteiger charge is 2.04. The lowest BCUT2D eigenvalue weighted by Gasteiger charge is -2.21. The SMILES string of the molecule is CCOCCCNC(=S)NCC(C)N(C)C. The summed E-state index contributed by atoms with van der Waals surface area (Å²) in [4.78, 5) is 2.16. The third kappa shape index (κ3) is 8.88. The normalized spacial score (nSPS) is 12.6. The zero-order valence-corrected chi connectivity index (χ0v) is 11.7. The van der Waals surface area contributed by atoms with Crippen LogP contribution >= 0.6 is 12.2 Å². The maximum Gasteiger partial charge on any atom is 0.166 e. The second-order valence-electron chi connectivity index (χ2n) is 4.00. The number of likely N-dealkylation sites (N-methyl/N-ethyl adjacent to an activating group) is 1. The number of rotatable bonds is 8. The lowest BCUT2D eigenvalue weighted by atomic mass is 10.3. The monoisotopic (exact) mass is 247 g/mol. The fourth-order valence-corrected chi connectivity index (χ4v) is 1.19. The third-order valence-electron chi connectivity index (χ3n) is 2.39. The van der Waals surface area contributed by atoms with Crippen LogP contribution in [0, 0.1) is 0 Å². The van der Waals surface area contributed by atoms with Gasteiger partial charge in [-0.1, -0.05) is 0 Å². The van der Waals surface area contributed by atoms with E-state index >= 15 is 0 Å². The Kier molecular flexibility index (Phi) is 9.57. The molecule has 0 rings (SSSR count). The van der Waals surface area contributed by atoms with Crippen molar-refractivity contribution in [1.82, 2.24) is 15.5 Å². The van der Waals surface area contributed by atoms with Crippen LogP contribution < -0.4 is 10.6 Å². The Balaban J connectivity index is 3.38. The Labute approximate surface area is 105 Å². The van der Waals surface area contributed by atoms with Gasteiger partial charge in [0, 0.05) is 32.3 Å². The minimum absolute atomic E-state index is 0.475. The molecule has 2 N–H and O–H groups in total. The molecule has 96 valence electrons. The molecule has 0 fully saturated rings. The molecule has 0 bridgehead atoms. The average molecular weight is 247 g/mol. The molecule has 0 aromatic heterocycles. The summed E-state index contributed by atoms with van der Waals surface area (Å²) in [5, 5.41) is 7.08. The molecule has 0 amide bonds. The van der Waals surface area contributed by atoms with E-state index in [1.807, 2.05) is 6.92 Å². The molecule has 0 aliphatic heterocycles. The summed E-state index contributed by atoms with van der Waals surface area (Å²) in [5.41, 5.74) is 0. The van der Waals surface area contributed by atoms with Gasteiger partial charge in [-0.2, -0.15) is 0 Å². The maximum absolute atomic E-state index is 5.23. The van der Waals surface area contributed by atoms with E-state index in [2.05, 4.69) is 36.6 Å². The number of hydrogen-bond donors (Lipinski definition) is 2. The summed E-state index contributed by atoms with van der Waals surface area (Å²) in [6, 6.07) is 0.475. The predicted octanol–water partition coefficient (Wildman–Crippen LogP) is 0.827. The minimum Gasteiger partial charge on any atom is -0.382 e. The van der Waals surface area contributed by atoms with Crippen LogP contribution in [0.5, 0.6) is 0 Å². The molecule has 0 spiro atoms. The fourth-order valence-electron chi connectivity index (χ4n) is 1.01. The molecule has 1 unspecified atom stereocenters. The highest BCUT2D eigenvalue weighted by atomic mass is 32.1. The van der Waals surface area contributed by atoms with E-state index in [9.17, 15) is 0 Å². The van der Waals surface area contributed by atoms with Crippen LogP contribution in [0.4, 0.5) is 0 Å². The molecule has 0 aromatic carbocycles. The average Bonchev–Trinajstić information content (AvgIpc) is 2.25. The van der Waals surface area contributed by atoms with Crippen molar-refractivity contribution < 1.29 is 4.74 Å². The van der Waals surface area contributed by atoms with Crippen molar-refractivity contribution in [3.05, 3.63) is 0 Å². The van der Waals surface area contributed by atoms with Crippen LogP contribution in [-0.4, -0.2) is 56.5 Å². The first-order chi connectivity index (χ1) is 7.57. The lowest BCUT2D eigenvalue weighted by molar-refractivity contribution is 0.145. The molecule has 0 aromatic rings. The van der Waals surface area contributed by atoms with Gasteiger partial charge >= 0.3 is 0 Å². The molecule has 0 aliphatic carbocycles. The Bertz CT molecular complexity index is 188. The van der Waals surface area contributed by atoms with Gasteiger partial charge in [0.15, 0.2) is 5.11 Å². The number of nitrogens with one attached hydrogen (secondary N) is 2. The van der Waals surface area contributed by atoms with Gasteiger partial charge in [-0.05, 0) is 46.6 Å². The van der Waals surface area contributed by atoms with Gasteiger partial charge in [0.2, 0.25) is 0 Å². The van der Waals surface area contributed by atoms with Gasteiger partial charge in [0.05, 0.1) is 0 Å². The van der Waals surface area contributed by atoms with Gasteiger partial charge < -0.3 is 20.3 Å². The van der Waals surface area contributed by atoms with Crippen LogP contribution in [0.25, 0.3) is 0 Å². The molecule has 0 saturated heterocycles. The summed E-state index contributed by atoms with van der Waals surface area (Å²) in [6.45, 7) is 7.46. The smallest absolute Gasteiger partial charge is 0.166 e. The van der Waals surface area contributed by atoms with Crippen molar-refractivity contribution in [2.24, 2.45) is 0 Å². The van der Waals surface area contributed by atoms with Gasteiger partial charge in [0.25, 0.3) is 0 Å². The molecule has 0 aliphatic rings. The van der Waals surface area contributed by atoms with Gasteiger partial charge in [0.1, 0.15) is 0 Å². The van der Waals surface area contributed by atoms with Crippen LogP contribution in [-0.2, 0) is 4.74 Å². The molecular weight excluding hydrogens is 222 g/mol. The first-order valence-corrected chi connectivity index (χ1v) is 6.24. The van der Waals surface area contributed by atoms with E-state index in [4.69, 9.17) is 17.0 Å². The Morgan fingerprint density at radius 2 is 2.06 bits per heavy atom. The van der Waals surface area contributed by atoms with Crippen molar-refractivity contribution in [2.75, 3.05) is 40.4 Å². The zero-order valence-electron chi connectivity index (χ0n) is 10.9. The molecule has 5 heteroatoms. The summed E-state index contributed by atoms with van der Waals surface area (Å²) in [6.07, 6.45) is 0.985. The van der Waals surface area contributed by atoms with E-state index in [1.165, 1.54) is 0 Å². The first-order valence-electron chi connectivity index (χ1n) is 5.83. The van der Waals surface area contributed by atoms with E-state index < -0.39 is 0 Å². The first kappa shape index (κ1) is 15.6. The van der Waals surface area contributed by atoms with Gasteiger partial charge in [-0.25, -0.2) is 0 Å². The summed E-state index contributed by atoms with van der Waals surface area (Å²) in [5.74, 6) is 0. The predicted molar refractivity (Wildman–Crippen MR) is 72.9 cm³/mol. The van der Waals surface area contributed by atoms with Gasteiger partial charge in [-0.15, -0.1) is 0 Å². The molecule has 0 saturated carbocycles. The standard InChI is InChI=1S/C11H25N3OS/c1-5-15-8-6-7-12-11(16)13-9-10(2)14(3)4/h10H,5-9H2,1-4H3,(H2,12,13,16). The van der Waals surface area contributed by atoms with Crippen LogP contribution in [0.15, 0.2) is 0 Å². The Morgan fingerprint density at radius 3 is 2.62 bits per heavy atom. The maximum atomic E-state index is 5.23. The molecule has 0 heterocycles. The highest BCUT2D eigenvalue weighted by molar-refractivity contribution is 7.80.